The highest BCUT2D eigenvalue weighted by atomic mass is 16.5. The monoisotopic (exact) mass is 181 g/mol. The molecule has 0 aromatic rings. The molecule has 2 aliphatic heterocycles. The molecular weight excluding hydrogens is 166 g/mol. The van der Waals surface area contributed by atoms with Crippen molar-refractivity contribution in [1.82, 2.24) is 5.32 Å². The molecule has 1 unspecified atom stereocenters. The smallest absolute Gasteiger partial charge is 0.336 e. The molecule has 0 fully saturated rings. The summed E-state index contributed by atoms with van der Waals surface area (Å²) >= 11 is 0. The molecule has 2 rings (SSSR count). The van der Waals surface area contributed by atoms with Crippen molar-refractivity contribution in [2.24, 2.45) is 0 Å². The van der Waals surface area contributed by atoms with Gasteiger partial charge in [0.15, 0.2) is 0 Å². The van der Waals surface area contributed by atoms with Gasteiger partial charge in [-0.1, -0.05) is 13.3 Å². The van der Waals surface area contributed by atoms with Crippen LogP contribution in [-0.2, 0) is 9.53 Å². The maximum atomic E-state index is 11.2. The zero-order chi connectivity index (χ0) is 9.26. The molecule has 72 valence electrons. The van der Waals surface area contributed by atoms with Crippen LogP contribution in [0.4, 0.5) is 0 Å². The Kier molecular flexibility index (Phi) is 2.25. The lowest BCUT2D eigenvalue weighted by Crippen LogP contribution is -2.33. The highest BCUT2D eigenvalue weighted by Crippen LogP contribution is 2.25. The van der Waals surface area contributed by atoms with Crippen molar-refractivity contribution in [3.63, 3.8) is 0 Å². The van der Waals surface area contributed by atoms with E-state index < -0.39 is 0 Å². The first-order valence-electron chi connectivity index (χ1n) is 4.97. The predicted octanol–water partition coefficient (Wildman–Crippen LogP) is 1.35. The van der Waals surface area contributed by atoms with Crippen molar-refractivity contribution in [1.29, 1.82) is 0 Å². The first kappa shape index (κ1) is 8.60. The van der Waals surface area contributed by atoms with Gasteiger partial charge in [-0.3, -0.25) is 0 Å². The summed E-state index contributed by atoms with van der Waals surface area (Å²) in [6.07, 6.45) is 4.34. The fourth-order valence-electron chi connectivity index (χ4n) is 2.02. The Bertz CT molecular complexity index is 258. The van der Waals surface area contributed by atoms with Crippen LogP contribution in [0, 0.1) is 0 Å². The predicted molar refractivity (Wildman–Crippen MR) is 49.1 cm³/mol. The van der Waals surface area contributed by atoms with Crippen LogP contribution in [0.1, 0.15) is 32.6 Å². The highest BCUT2D eigenvalue weighted by Gasteiger charge is 2.29. The number of carbonyl (C=O) groups is 1. The third-order valence-corrected chi connectivity index (χ3v) is 2.72. The lowest BCUT2D eigenvalue weighted by Gasteiger charge is -2.24. The minimum atomic E-state index is -0.113. The molecule has 3 nitrogen and oxygen atoms in total. The zero-order valence-electron chi connectivity index (χ0n) is 7.93. The second-order valence-electron chi connectivity index (χ2n) is 3.70. The molecule has 0 aromatic carbocycles. The van der Waals surface area contributed by atoms with Crippen LogP contribution in [0.3, 0.4) is 0 Å². The van der Waals surface area contributed by atoms with Crippen molar-refractivity contribution in [3.05, 3.63) is 11.3 Å². The second kappa shape index (κ2) is 3.40. The highest BCUT2D eigenvalue weighted by molar-refractivity contribution is 5.91. The molecule has 2 aliphatic rings. The maximum Gasteiger partial charge on any atom is 0.336 e. The summed E-state index contributed by atoms with van der Waals surface area (Å²) in [6, 6.07) is 0.554. The third kappa shape index (κ3) is 1.55. The molecule has 0 bridgehead atoms. The number of hydrogen-bond acceptors (Lipinski definition) is 3. The van der Waals surface area contributed by atoms with Crippen LogP contribution >= 0.6 is 0 Å². The summed E-state index contributed by atoms with van der Waals surface area (Å²) in [5.41, 5.74) is 1.92. The lowest BCUT2D eigenvalue weighted by atomic mass is 9.97. The summed E-state index contributed by atoms with van der Waals surface area (Å²) in [4.78, 5) is 11.2. The van der Waals surface area contributed by atoms with Gasteiger partial charge in [0, 0.05) is 6.04 Å². The number of hydrogen-bond donors (Lipinski definition) is 1. The van der Waals surface area contributed by atoms with Crippen molar-refractivity contribution < 1.29 is 9.53 Å². The van der Waals surface area contributed by atoms with Gasteiger partial charge < -0.3 is 10.1 Å². The van der Waals surface area contributed by atoms with Gasteiger partial charge in [-0.15, -0.1) is 0 Å². The molecule has 0 saturated heterocycles. The van der Waals surface area contributed by atoms with Crippen LogP contribution in [0.2, 0.25) is 0 Å². The molecule has 0 radical (unpaired) electrons. The van der Waals surface area contributed by atoms with Gasteiger partial charge >= 0.3 is 5.97 Å². The normalized spacial score (nSPS) is 26.8. The minimum absolute atomic E-state index is 0.113. The van der Waals surface area contributed by atoms with E-state index in [9.17, 15) is 4.79 Å². The Morgan fingerprint density at radius 3 is 3.23 bits per heavy atom. The second-order valence-corrected chi connectivity index (χ2v) is 3.70. The SMILES string of the molecule is CCCC1CCC2=C(COC2=O)N1. The summed E-state index contributed by atoms with van der Waals surface area (Å²) in [7, 11) is 0. The van der Waals surface area contributed by atoms with E-state index in [0.29, 0.717) is 12.6 Å². The van der Waals surface area contributed by atoms with Crippen LogP contribution < -0.4 is 5.32 Å². The van der Waals surface area contributed by atoms with Gasteiger partial charge in [0.05, 0.1) is 11.3 Å². The molecule has 3 heteroatoms. The van der Waals surface area contributed by atoms with Gasteiger partial charge in [-0.05, 0) is 19.3 Å². The molecule has 1 N–H and O–H groups in total. The fourth-order valence-corrected chi connectivity index (χ4v) is 2.02. The van der Waals surface area contributed by atoms with Crippen molar-refractivity contribution >= 4 is 5.97 Å². The van der Waals surface area contributed by atoms with Crippen molar-refractivity contribution in [2.45, 2.75) is 38.6 Å². The fraction of sp³-hybridized carbons (Fsp3) is 0.700. The average molecular weight is 181 g/mol. The van der Waals surface area contributed by atoms with E-state index in [2.05, 4.69) is 12.2 Å². The van der Waals surface area contributed by atoms with E-state index >= 15 is 0 Å². The molecule has 0 saturated carbocycles. The van der Waals surface area contributed by atoms with E-state index in [1.165, 1.54) is 12.8 Å². The summed E-state index contributed by atoms with van der Waals surface area (Å²) in [5, 5.41) is 3.38. The molecule has 0 aliphatic carbocycles. The molecule has 0 spiro atoms. The molecule has 0 aromatic heterocycles. The largest absolute Gasteiger partial charge is 0.456 e. The average Bonchev–Trinajstić information content (AvgIpc) is 2.48. The van der Waals surface area contributed by atoms with E-state index in [0.717, 1.165) is 24.1 Å². The van der Waals surface area contributed by atoms with E-state index in [4.69, 9.17) is 4.74 Å². The first-order valence-corrected chi connectivity index (χ1v) is 4.97. The molecule has 2 heterocycles. The Morgan fingerprint density at radius 2 is 2.46 bits per heavy atom. The summed E-state index contributed by atoms with van der Waals surface area (Å²) in [5.74, 6) is -0.113. The number of cyclic esters (lactones) is 1. The van der Waals surface area contributed by atoms with Crippen molar-refractivity contribution in [3.8, 4) is 0 Å². The van der Waals surface area contributed by atoms with E-state index in [1.807, 2.05) is 0 Å². The minimum Gasteiger partial charge on any atom is -0.456 e. The Balaban J connectivity index is 2.04. The van der Waals surface area contributed by atoms with Crippen LogP contribution in [0.15, 0.2) is 11.3 Å². The van der Waals surface area contributed by atoms with E-state index in [1.54, 1.807) is 0 Å². The number of ether oxygens (including phenoxy) is 1. The first-order chi connectivity index (χ1) is 6.31. The number of nitrogens with one attached hydrogen (secondary N) is 1. The van der Waals surface area contributed by atoms with Crippen LogP contribution in [0.5, 0.6) is 0 Å². The number of esters is 1. The van der Waals surface area contributed by atoms with Crippen LogP contribution in [-0.4, -0.2) is 18.6 Å². The van der Waals surface area contributed by atoms with Crippen molar-refractivity contribution in [2.75, 3.05) is 6.61 Å². The molecule has 1 atom stereocenters. The van der Waals surface area contributed by atoms with Gasteiger partial charge in [-0.2, -0.15) is 0 Å². The molecular formula is C10H15NO2. The van der Waals surface area contributed by atoms with Gasteiger partial charge in [0.2, 0.25) is 0 Å². The quantitative estimate of drug-likeness (QED) is 0.653. The Labute approximate surface area is 78.1 Å². The number of rotatable bonds is 2. The standard InChI is InChI=1S/C10H15NO2/c1-2-3-7-4-5-8-9(11-7)6-13-10(8)12/h7,11H,2-6H2,1H3. The Morgan fingerprint density at radius 1 is 1.62 bits per heavy atom. The maximum absolute atomic E-state index is 11.2. The van der Waals surface area contributed by atoms with Gasteiger partial charge in [0.1, 0.15) is 6.61 Å². The summed E-state index contributed by atoms with van der Waals surface area (Å²) in [6.45, 7) is 2.65. The molecule has 0 amide bonds. The molecule has 13 heavy (non-hydrogen) atoms. The van der Waals surface area contributed by atoms with Gasteiger partial charge in [-0.25, -0.2) is 4.79 Å². The van der Waals surface area contributed by atoms with Gasteiger partial charge in [0.25, 0.3) is 0 Å². The van der Waals surface area contributed by atoms with E-state index in [-0.39, 0.29) is 5.97 Å². The number of carbonyl (C=O) groups excluding carboxylic acids is 1. The Hall–Kier alpha value is -0.990. The third-order valence-electron chi connectivity index (χ3n) is 2.72. The summed E-state index contributed by atoms with van der Waals surface area (Å²) < 4.78 is 4.95. The lowest BCUT2D eigenvalue weighted by molar-refractivity contribution is -0.136. The van der Waals surface area contributed by atoms with Crippen LogP contribution in [0.25, 0.3) is 0 Å². The topological polar surface area (TPSA) is 38.3 Å². The zero-order valence-corrected chi connectivity index (χ0v) is 7.93.